The maximum atomic E-state index is 12.8. The third kappa shape index (κ3) is 3.94. The molecule has 1 aromatic rings. The van der Waals surface area contributed by atoms with Gasteiger partial charge in [0, 0.05) is 0 Å². The molecule has 0 saturated heterocycles. The number of nitrogens with zero attached hydrogens (tertiary/aromatic N) is 1. The lowest BCUT2D eigenvalue weighted by molar-refractivity contribution is -0.142. The molecular formula is C15H19FN2O4. The van der Waals surface area contributed by atoms with Crippen LogP contribution in [0.3, 0.4) is 0 Å². The van der Waals surface area contributed by atoms with Crippen molar-refractivity contribution in [1.29, 1.82) is 0 Å². The predicted molar refractivity (Wildman–Crippen MR) is 75.8 cm³/mol. The molecule has 120 valence electrons. The lowest BCUT2D eigenvalue weighted by Gasteiger charge is -2.39. The van der Waals surface area contributed by atoms with E-state index < -0.39 is 12.0 Å². The summed E-state index contributed by atoms with van der Waals surface area (Å²) >= 11 is 0. The highest BCUT2D eigenvalue weighted by molar-refractivity contribution is 5.80. The van der Waals surface area contributed by atoms with Gasteiger partial charge in [-0.2, -0.15) is 0 Å². The minimum absolute atomic E-state index is 0.193. The molecule has 0 radical (unpaired) electrons. The monoisotopic (exact) mass is 310 g/mol. The first kappa shape index (κ1) is 16.2. The van der Waals surface area contributed by atoms with Crippen LogP contribution in [0.15, 0.2) is 24.3 Å². The van der Waals surface area contributed by atoms with Crippen LogP contribution in [-0.4, -0.2) is 41.5 Å². The third-order valence-electron chi connectivity index (χ3n) is 3.70. The van der Waals surface area contributed by atoms with Crippen molar-refractivity contribution in [1.82, 2.24) is 10.4 Å². The van der Waals surface area contributed by atoms with Gasteiger partial charge < -0.3 is 10.1 Å². The fourth-order valence-electron chi connectivity index (χ4n) is 2.40. The normalized spacial score (nSPS) is 20.0. The predicted octanol–water partition coefficient (Wildman–Crippen LogP) is 2.04. The summed E-state index contributed by atoms with van der Waals surface area (Å²) in [4.78, 5) is 22.8. The molecule has 1 fully saturated rings. The maximum absolute atomic E-state index is 12.8. The highest BCUT2D eigenvalue weighted by Crippen LogP contribution is 2.39. The number of carbonyl (C=O) groups is 2. The smallest absolute Gasteiger partial charge is 0.341 e. The van der Waals surface area contributed by atoms with Gasteiger partial charge in [0.1, 0.15) is 12.4 Å². The zero-order chi connectivity index (χ0) is 16.1. The van der Waals surface area contributed by atoms with Crippen LogP contribution >= 0.6 is 0 Å². The molecule has 22 heavy (non-hydrogen) atoms. The fraction of sp³-hybridized carbons (Fsp3) is 0.467. The molecule has 6 nitrogen and oxygen atoms in total. The van der Waals surface area contributed by atoms with E-state index >= 15 is 0 Å². The van der Waals surface area contributed by atoms with Gasteiger partial charge in [0.25, 0.3) is 0 Å². The highest BCUT2D eigenvalue weighted by atomic mass is 19.1. The minimum Gasteiger partial charge on any atom is -0.465 e. The van der Waals surface area contributed by atoms with Crippen LogP contribution in [0.1, 0.15) is 31.2 Å². The van der Waals surface area contributed by atoms with Crippen molar-refractivity contribution in [3.63, 3.8) is 0 Å². The molecule has 0 aliphatic heterocycles. The Morgan fingerprint density at radius 1 is 1.36 bits per heavy atom. The number of hydrogen-bond donors (Lipinski definition) is 2. The van der Waals surface area contributed by atoms with Gasteiger partial charge in [0.15, 0.2) is 0 Å². The van der Waals surface area contributed by atoms with Crippen molar-refractivity contribution in [2.45, 2.75) is 31.7 Å². The van der Waals surface area contributed by atoms with Crippen molar-refractivity contribution < 1.29 is 23.9 Å². The van der Waals surface area contributed by atoms with E-state index in [4.69, 9.17) is 0 Å². The van der Waals surface area contributed by atoms with Gasteiger partial charge in [-0.3, -0.25) is 10.0 Å². The molecular weight excluding hydrogens is 291 g/mol. The number of urea groups is 1. The summed E-state index contributed by atoms with van der Waals surface area (Å²) < 4.78 is 17.5. The Labute approximate surface area is 127 Å². The Morgan fingerprint density at radius 2 is 2.00 bits per heavy atom. The van der Waals surface area contributed by atoms with Crippen LogP contribution in [0.2, 0.25) is 0 Å². The SMILES string of the molecule is CCOC(=O)CNC(=O)N(O)[C@H]1C[C@@H](c2ccc(F)cc2)C1. The summed E-state index contributed by atoms with van der Waals surface area (Å²) in [6.45, 7) is 1.62. The largest absolute Gasteiger partial charge is 0.465 e. The quantitative estimate of drug-likeness (QED) is 0.495. The van der Waals surface area contributed by atoms with Crippen molar-refractivity contribution in [2.24, 2.45) is 0 Å². The van der Waals surface area contributed by atoms with Crippen molar-refractivity contribution in [3.05, 3.63) is 35.6 Å². The Morgan fingerprint density at radius 3 is 2.59 bits per heavy atom. The van der Waals surface area contributed by atoms with Gasteiger partial charge >= 0.3 is 12.0 Å². The third-order valence-corrected chi connectivity index (χ3v) is 3.70. The molecule has 0 spiro atoms. The van der Waals surface area contributed by atoms with Crippen LogP contribution in [0, 0.1) is 5.82 Å². The number of benzene rings is 1. The van der Waals surface area contributed by atoms with Gasteiger partial charge in [-0.25, -0.2) is 14.2 Å². The molecule has 1 aliphatic carbocycles. The van der Waals surface area contributed by atoms with E-state index in [1.807, 2.05) is 0 Å². The number of halogens is 1. The first-order valence-corrected chi connectivity index (χ1v) is 7.18. The Kier molecular flexibility index (Phi) is 5.32. The summed E-state index contributed by atoms with van der Waals surface area (Å²) in [5.74, 6) is -0.651. The molecule has 1 saturated carbocycles. The van der Waals surface area contributed by atoms with Gasteiger partial charge in [-0.1, -0.05) is 12.1 Å². The van der Waals surface area contributed by atoms with Crippen LogP contribution in [0.25, 0.3) is 0 Å². The second kappa shape index (κ2) is 7.22. The van der Waals surface area contributed by atoms with E-state index in [1.54, 1.807) is 19.1 Å². The lowest BCUT2D eigenvalue weighted by Crippen LogP contribution is -2.50. The van der Waals surface area contributed by atoms with E-state index in [1.165, 1.54) is 12.1 Å². The molecule has 1 aliphatic rings. The van der Waals surface area contributed by atoms with Crippen LogP contribution in [0.4, 0.5) is 9.18 Å². The Balaban J connectivity index is 1.76. The molecule has 0 atom stereocenters. The zero-order valence-corrected chi connectivity index (χ0v) is 12.3. The molecule has 0 aromatic heterocycles. The summed E-state index contributed by atoms with van der Waals surface area (Å²) in [5.41, 5.74) is 0.984. The molecule has 7 heteroatoms. The summed E-state index contributed by atoms with van der Waals surface area (Å²) in [5, 5.41) is 12.7. The molecule has 2 rings (SSSR count). The number of nitrogens with one attached hydrogen (secondary N) is 1. The van der Waals surface area contributed by atoms with Crippen molar-refractivity contribution >= 4 is 12.0 Å². The number of carbonyl (C=O) groups excluding carboxylic acids is 2. The second-order valence-electron chi connectivity index (χ2n) is 5.18. The molecule has 2 amide bonds. The fourth-order valence-corrected chi connectivity index (χ4v) is 2.40. The molecule has 0 bridgehead atoms. The summed E-state index contributed by atoms with van der Waals surface area (Å²) in [7, 11) is 0. The molecule has 1 aromatic carbocycles. The van der Waals surface area contributed by atoms with Crippen molar-refractivity contribution in [2.75, 3.05) is 13.2 Å². The molecule has 0 unspecified atom stereocenters. The van der Waals surface area contributed by atoms with Gasteiger partial charge in [-0.05, 0) is 43.4 Å². The van der Waals surface area contributed by atoms with Gasteiger partial charge in [0.2, 0.25) is 0 Å². The minimum atomic E-state index is -0.726. The van der Waals surface area contributed by atoms with E-state index in [0.29, 0.717) is 17.9 Å². The zero-order valence-electron chi connectivity index (χ0n) is 12.3. The summed E-state index contributed by atoms with van der Waals surface area (Å²) in [6, 6.07) is 5.17. The number of ether oxygens (including phenoxy) is 1. The highest BCUT2D eigenvalue weighted by Gasteiger charge is 2.36. The average molecular weight is 310 g/mol. The number of rotatable bonds is 5. The maximum Gasteiger partial charge on any atom is 0.341 e. The lowest BCUT2D eigenvalue weighted by atomic mass is 9.76. The van der Waals surface area contributed by atoms with E-state index in [-0.39, 0.29) is 30.9 Å². The Bertz CT molecular complexity index is 529. The van der Waals surface area contributed by atoms with E-state index in [0.717, 1.165) is 5.56 Å². The number of hydroxylamine groups is 2. The first-order chi connectivity index (χ1) is 10.5. The van der Waals surface area contributed by atoms with Gasteiger partial charge in [0.05, 0.1) is 12.6 Å². The molecule has 0 heterocycles. The number of hydrogen-bond acceptors (Lipinski definition) is 4. The Hall–Kier alpha value is -2.15. The van der Waals surface area contributed by atoms with Crippen LogP contribution in [-0.2, 0) is 9.53 Å². The number of amides is 2. The first-order valence-electron chi connectivity index (χ1n) is 7.18. The second-order valence-corrected chi connectivity index (χ2v) is 5.18. The molecule has 2 N–H and O–H groups in total. The number of esters is 1. The standard InChI is InChI=1S/C15H19FN2O4/c1-2-22-14(19)9-17-15(20)18(21)13-7-11(8-13)10-3-5-12(16)6-4-10/h3-6,11,13,21H,2,7-9H2,1H3,(H,17,20)/t11-,13+. The van der Waals surface area contributed by atoms with Crippen LogP contribution < -0.4 is 5.32 Å². The van der Waals surface area contributed by atoms with Gasteiger partial charge in [-0.15, -0.1) is 0 Å². The van der Waals surface area contributed by atoms with Crippen molar-refractivity contribution in [3.8, 4) is 0 Å². The van der Waals surface area contributed by atoms with E-state index in [2.05, 4.69) is 10.1 Å². The van der Waals surface area contributed by atoms with Crippen LogP contribution in [0.5, 0.6) is 0 Å². The van der Waals surface area contributed by atoms with E-state index in [9.17, 15) is 19.2 Å². The average Bonchev–Trinajstić information content (AvgIpc) is 2.45. The summed E-state index contributed by atoms with van der Waals surface area (Å²) in [6.07, 6.45) is 1.18. The topological polar surface area (TPSA) is 78.9 Å².